The van der Waals surface area contributed by atoms with Gasteiger partial charge in [-0.05, 0) is 38.8 Å². The first kappa shape index (κ1) is 15.6. The van der Waals surface area contributed by atoms with E-state index in [1.54, 1.807) is 24.8 Å². The number of rotatable bonds is 5. The Kier molecular flexibility index (Phi) is 5.07. The van der Waals surface area contributed by atoms with E-state index in [0.29, 0.717) is 11.6 Å². The van der Waals surface area contributed by atoms with Crippen molar-refractivity contribution in [1.29, 1.82) is 0 Å². The first-order valence-electron chi connectivity index (χ1n) is 6.87. The summed E-state index contributed by atoms with van der Waals surface area (Å²) in [6.07, 6.45) is 0. The average Bonchev–Trinajstić information content (AvgIpc) is 2.84. The minimum atomic E-state index is -0.151. The number of anilines is 1. The van der Waals surface area contributed by atoms with Gasteiger partial charge in [-0.2, -0.15) is 0 Å². The van der Waals surface area contributed by atoms with Crippen LogP contribution in [-0.4, -0.2) is 16.3 Å². The molecule has 0 aliphatic carbocycles. The van der Waals surface area contributed by atoms with Crippen molar-refractivity contribution in [3.05, 3.63) is 46.7 Å². The summed E-state index contributed by atoms with van der Waals surface area (Å²) in [5.41, 5.74) is 3.77. The molecule has 21 heavy (non-hydrogen) atoms. The number of amides is 1. The molecule has 1 amide bonds. The molecule has 1 atom stereocenters. The molecule has 2 aromatic rings. The Morgan fingerprint density at radius 1 is 1.33 bits per heavy atom. The Balaban J connectivity index is 1.90. The van der Waals surface area contributed by atoms with E-state index in [0.717, 1.165) is 5.75 Å². The van der Waals surface area contributed by atoms with Crippen molar-refractivity contribution >= 4 is 23.5 Å². The Morgan fingerprint density at radius 3 is 2.76 bits per heavy atom. The zero-order valence-electron chi connectivity index (χ0n) is 12.8. The summed E-state index contributed by atoms with van der Waals surface area (Å²) in [6, 6.07) is 8.11. The number of hydrogen-bond acceptors (Lipinski definition) is 4. The van der Waals surface area contributed by atoms with Crippen molar-refractivity contribution in [3.63, 3.8) is 0 Å². The lowest BCUT2D eigenvalue weighted by Gasteiger charge is -2.12. The lowest BCUT2D eigenvalue weighted by atomic mass is 10.1. The summed E-state index contributed by atoms with van der Waals surface area (Å²) in [7, 11) is 0. The highest BCUT2D eigenvalue weighted by molar-refractivity contribution is 7.99. The van der Waals surface area contributed by atoms with Crippen LogP contribution in [0.15, 0.2) is 28.8 Å². The molecule has 0 spiro atoms. The third-order valence-corrected chi connectivity index (χ3v) is 4.43. The largest absolute Gasteiger partial charge is 0.360 e. The van der Waals surface area contributed by atoms with Crippen LogP contribution in [0.4, 0.5) is 5.82 Å². The fourth-order valence-corrected chi connectivity index (χ4v) is 2.85. The lowest BCUT2D eigenvalue weighted by molar-refractivity contribution is -0.115. The number of nitrogens with zero attached hydrogens (tertiary/aromatic N) is 1. The van der Waals surface area contributed by atoms with Crippen molar-refractivity contribution in [2.75, 3.05) is 5.32 Å². The Bertz CT molecular complexity index is 637. The fraction of sp³-hybridized carbons (Fsp3) is 0.375. The second-order valence-electron chi connectivity index (χ2n) is 5.20. The number of carbonyl (C=O) groups excluding carboxylic acids is 1. The molecular weight excluding hydrogens is 284 g/mol. The smallest absolute Gasteiger partial charge is 0.238 e. The maximum atomic E-state index is 12.1. The highest BCUT2D eigenvalue weighted by atomic mass is 32.2. The molecule has 4 nitrogen and oxygen atoms in total. The molecule has 0 unspecified atom stereocenters. The van der Waals surface area contributed by atoms with Gasteiger partial charge < -0.3 is 9.84 Å². The Hall–Kier alpha value is -1.75. The normalized spacial score (nSPS) is 12.2. The minimum absolute atomic E-state index is 0.0568. The summed E-state index contributed by atoms with van der Waals surface area (Å²) in [5, 5.41) is 6.38. The van der Waals surface area contributed by atoms with Crippen LogP contribution in [0.25, 0.3) is 0 Å². The van der Waals surface area contributed by atoms with Crippen LogP contribution in [0.1, 0.15) is 29.4 Å². The lowest BCUT2D eigenvalue weighted by Crippen LogP contribution is -2.22. The van der Waals surface area contributed by atoms with Crippen molar-refractivity contribution in [2.24, 2.45) is 0 Å². The molecule has 1 aromatic heterocycles. The van der Waals surface area contributed by atoms with E-state index in [1.165, 1.54) is 16.7 Å². The first-order chi connectivity index (χ1) is 9.95. The van der Waals surface area contributed by atoms with Crippen molar-refractivity contribution in [2.45, 2.75) is 38.7 Å². The number of hydrogen-bond donors (Lipinski definition) is 1. The quantitative estimate of drug-likeness (QED) is 0.911. The molecule has 0 saturated heterocycles. The monoisotopic (exact) mass is 304 g/mol. The van der Waals surface area contributed by atoms with Gasteiger partial charge in [0.1, 0.15) is 5.76 Å². The van der Waals surface area contributed by atoms with Crippen molar-refractivity contribution in [1.82, 2.24) is 5.16 Å². The second kappa shape index (κ2) is 6.80. The number of aryl methyl sites for hydroxylation is 3. The zero-order chi connectivity index (χ0) is 15.4. The molecule has 0 aliphatic heterocycles. The summed E-state index contributed by atoms with van der Waals surface area (Å²) >= 11 is 1.62. The van der Waals surface area contributed by atoms with E-state index < -0.39 is 0 Å². The van der Waals surface area contributed by atoms with Gasteiger partial charge in [-0.15, -0.1) is 11.8 Å². The first-order valence-corrected chi connectivity index (χ1v) is 7.92. The highest BCUT2D eigenvalue weighted by Gasteiger charge is 2.15. The average molecular weight is 304 g/mol. The standard InChI is InChI=1S/C16H20N2O2S/c1-10-5-6-11(2)14(7-10)9-21-13(4)16(19)17-15-8-12(3)20-18-15/h5-8,13H,9H2,1-4H3,(H,17,18,19)/t13-/m1/s1. The van der Waals surface area contributed by atoms with Gasteiger partial charge in [-0.25, -0.2) is 0 Å². The molecule has 1 aromatic carbocycles. The van der Waals surface area contributed by atoms with Crippen LogP contribution in [0.2, 0.25) is 0 Å². The zero-order valence-corrected chi connectivity index (χ0v) is 13.6. The molecule has 0 radical (unpaired) electrons. The van der Waals surface area contributed by atoms with Gasteiger partial charge in [0.15, 0.2) is 5.82 Å². The maximum Gasteiger partial charge on any atom is 0.238 e. The number of thioether (sulfide) groups is 1. The van der Waals surface area contributed by atoms with Gasteiger partial charge >= 0.3 is 0 Å². The third-order valence-electron chi connectivity index (χ3n) is 3.24. The summed E-state index contributed by atoms with van der Waals surface area (Å²) in [6.45, 7) is 7.87. The molecule has 5 heteroatoms. The van der Waals surface area contributed by atoms with Crippen LogP contribution in [0.3, 0.4) is 0 Å². The van der Waals surface area contributed by atoms with Gasteiger partial charge in [-0.3, -0.25) is 4.79 Å². The minimum Gasteiger partial charge on any atom is -0.360 e. The highest BCUT2D eigenvalue weighted by Crippen LogP contribution is 2.22. The SMILES string of the molecule is Cc1ccc(C)c(CS[C@H](C)C(=O)Nc2cc(C)on2)c1. The predicted molar refractivity (Wildman–Crippen MR) is 86.5 cm³/mol. The summed E-state index contributed by atoms with van der Waals surface area (Å²) in [5.74, 6) is 1.91. The van der Waals surface area contributed by atoms with E-state index in [4.69, 9.17) is 4.52 Å². The van der Waals surface area contributed by atoms with Crippen molar-refractivity contribution < 1.29 is 9.32 Å². The summed E-state index contributed by atoms with van der Waals surface area (Å²) in [4.78, 5) is 12.1. The van der Waals surface area contributed by atoms with Gasteiger partial charge in [0, 0.05) is 11.8 Å². The van der Waals surface area contributed by atoms with Crippen LogP contribution >= 0.6 is 11.8 Å². The number of benzene rings is 1. The van der Waals surface area contributed by atoms with E-state index >= 15 is 0 Å². The third kappa shape index (κ3) is 4.36. The van der Waals surface area contributed by atoms with Gasteiger partial charge in [0.05, 0.1) is 5.25 Å². The summed E-state index contributed by atoms with van der Waals surface area (Å²) < 4.78 is 4.93. The van der Waals surface area contributed by atoms with Gasteiger partial charge in [0.25, 0.3) is 0 Å². The predicted octanol–water partition coefficient (Wildman–Crippen LogP) is 3.86. The van der Waals surface area contributed by atoms with E-state index in [-0.39, 0.29) is 11.2 Å². The van der Waals surface area contributed by atoms with E-state index in [2.05, 4.69) is 42.5 Å². The molecule has 2 rings (SSSR count). The molecule has 0 saturated carbocycles. The number of carbonyl (C=O) groups is 1. The second-order valence-corrected chi connectivity index (χ2v) is 6.52. The molecule has 1 heterocycles. The number of nitrogens with one attached hydrogen (secondary N) is 1. The van der Waals surface area contributed by atoms with E-state index in [9.17, 15) is 4.79 Å². The molecule has 0 fully saturated rings. The Morgan fingerprint density at radius 2 is 2.10 bits per heavy atom. The van der Waals surface area contributed by atoms with Gasteiger partial charge in [-0.1, -0.05) is 28.9 Å². The van der Waals surface area contributed by atoms with Crippen molar-refractivity contribution in [3.8, 4) is 0 Å². The molecule has 0 aliphatic rings. The van der Waals surface area contributed by atoms with E-state index in [1.807, 2.05) is 6.92 Å². The number of aromatic nitrogens is 1. The van der Waals surface area contributed by atoms with Crippen LogP contribution in [-0.2, 0) is 10.5 Å². The van der Waals surface area contributed by atoms with Gasteiger partial charge in [0.2, 0.25) is 5.91 Å². The fourth-order valence-electron chi connectivity index (χ4n) is 1.90. The van der Waals surface area contributed by atoms with Crippen LogP contribution in [0.5, 0.6) is 0 Å². The maximum absolute atomic E-state index is 12.1. The van der Waals surface area contributed by atoms with Crippen LogP contribution in [0, 0.1) is 20.8 Å². The molecule has 0 bridgehead atoms. The molecular formula is C16H20N2O2S. The molecule has 1 N–H and O–H groups in total. The Labute approximate surface area is 129 Å². The van der Waals surface area contributed by atoms with Crippen LogP contribution < -0.4 is 5.32 Å². The topological polar surface area (TPSA) is 55.1 Å². The molecule has 112 valence electrons.